The van der Waals surface area contributed by atoms with Crippen LogP contribution in [0.5, 0.6) is 0 Å². The van der Waals surface area contributed by atoms with Gasteiger partial charge in [-0.15, -0.1) is 0 Å². The number of rotatable bonds is 2. The average Bonchev–Trinajstić information content (AvgIpc) is 1.93. The van der Waals surface area contributed by atoms with Crippen LogP contribution in [0.15, 0.2) is 24.3 Å². The van der Waals surface area contributed by atoms with E-state index in [4.69, 9.17) is 5.41 Å². The van der Waals surface area contributed by atoms with Crippen molar-refractivity contribution in [3.8, 4) is 0 Å². The van der Waals surface area contributed by atoms with Crippen molar-refractivity contribution in [3.63, 3.8) is 0 Å². The molecule has 0 aromatic rings. The van der Waals surface area contributed by atoms with E-state index >= 15 is 0 Å². The number of hydrogen-bond donors (Lipinski definition) is 2. The Morgan fingerprint density at radius 2 is 2.00 bits per heavy atom. The summed E-state index contributed by atoms with van der Waals surface area (Å²) in [6.45, 7) is 5.41. The molecule has 0 spiro atoms. The lowest BCUT2D eigenvalue weighted by Gasteiger charge is -1.79. The normalized spacial score (nSPS) is 9.00. The Labute approximate surface area is 56.6 Å². The Morgan fingerprint density at radius 1 is 1.56 bits per heavy atom. The predicted octanol–water partition coefficient (Wildman–Crippen LogP) is 1.34. The van der Waals surface area contributed by atoms with Gasteiger partial charge in [0.25, 0.3) is 0 Å². The molecule has 0 saturated carbocycles. The average molecular weight is 126 g/mol. The summed E-state index contributed by atoms with van der Waals surface area (Å²) in [5.74, 6) is 0. The van der Waals surface area contributed by atoms with Gasteiger partial charge in [0.15, 0.2) is 0 Å². The van der Waals surface area contributed by atoms with Gasteiger partial charge in [-0.3, -0.25) is 0 Å². The van der Waals surface area contributed by atoms with Crippen molar-refractivity contribution in [2.45, 2.75) is 6.92 Å². The Bertz CT molecular complexity index is 103. The molecule has 2 nitrogen and oxygen atoms in total. The van der Waals surface area contributed by atoms with Crippen LogP contribution in [0, 0.1) is 5.41 Å². The molecule has 0 bridgehead atoms. The maximum atomic E-state index is 6.59. The van der Waals surface area contributed by atoms with Crippen molar-refractivity contribution in [2.24, 2.45) is 5.73 Å². The van der Waals surface area contributed by atoms with Gasteiger partial charge >= 0.3 is 0 Å². The van der Waals surface area contributed by atoms with Gasteiger partial charge in [-0.05, 0) is 20.0 Å². The molecule has 9 heavy (non-hydrogen) atoms. The Balaban J connectivity index is 0. The predicted molar refractivity (Wildman–Crippen MR) is 42.8 cm³/mol. The third kappa shape index (κ3) is 11.0. The molecular weight excluding hydrogens is 112 g/mol. The highest BCUT2D eigenvalue weighted by Crippen LogP contribution is 1.87. The molecule has 0 rings (SSSR count). The second kappa shape index (κ2) is 10.2. The lowest BCUT2D eigenvalue weighted by molar-refractivity contribution is 1.48. The summed E-state index contributed by atoms with van der Waals surface area (Å²) in [5, 5.41) is 6.59. The topological polar surface area (TPSA) is 49.9 Å². The van der Waals surface area contributed by atoms with Crippen molar-refractivity contribution in [1.82, 2.24) is 0 Å². The summed E-state index contributed by atoms with van der Waals surface area (Å²) >= 11 is 0. The minimum absolute atomic E-state index is 1.02. The first-order valence-electron chi connectivity index (χ1n) is 2.68. The Morgan fingerprint density at radius 3 is 2.11 bits per heavy atom. The molecule has 0 aromatic heterocycles. The van der Waals surface area contributed by atoms with Crippen LogP contribution in [0.4, 0.5) is 0 Å². The maximum Gasteiger partial charge on any atom is 0.0180 e. The van der Waals surface area contributed by atoms with E-state index in [1.165, 1.54) is 13.3 Å². The molecule has 2 heteroatoms. The molecule has 0 fully saturated rings. The summed E-state index contributed by atoms with van der Waals surface area (Å²) in [5.41, 5.74) is 5.52. The van der Waals surface area contributed by atoms with Crippen LogP contribution in [-0.4, -0.2) is 13.3 Å². The van der Waals surface area contributed by atoms with Crippen LogP contribution in [0.2, 0.25) is 0 Å². The maximum absolute atomic E-state index is 6.59. The number of allylic oxidation sites excluding steroid dienone is 3. The highest BCUT2D eigenvalue weighted by molar-refractivity contribution is 5.69. The molecule has 0 unspecified atom stereocenters. The van der Waals surface area contributed by atoms with Crippen molar-refractivity contribution in [3.05, 3.63) is 24.3 Å². The van der Waals surface area contributed by atoms with Gasteiger partial charge in [0, 0.05) is 6.21 Å². The summed E-state index contributed by atoms with van der Waals surface area (Å²) in [7, 11) is 1.50. The SMILES string of the molecule is C=C/C(C)=C\C=N.CN. The molecule has 0 aliphatic carbocycles. The van der Waals surface area contributed by atoms with Gasteiger partial charge in [-0.25, -0.2) is 0 Å². The summed E-state index contributed by atoms with van der Waals surface area (Å²) < 4.78 is 0. The van der Waals surface area contributed by atoms with Crippen LogP contribution in [0.1, 0.15) is 6.92 Å². The van der Waals surface area contributed by atoms with E-state index in [0.29, 0.717) is 0 Å². The fraction of sp³-hybridized carbons (Fsp3) is 0.286. The minimum atomic E-state index is 1.02. The molecule has 0 aliphatic heterocycles. The van der Waals surface area contributed by atoms with Crippen molar-refractivity contribution in [2.75, 3.05) is 7.05 Å². The number of nitrogens with two attached hydrogens (primary N) is 1. The van der Waals surface area contributed by atoms with Gasteiger partial charge in [0.1, 0.15) is 0 Å². The van der Waals surface area contributed by atoms with E-state index in [1.54, 1.807) is 12.2 Å². The lowest BCUT2D eigenvalue weighted by atomic mass is 10.3. The zero-order chi connectivity index (χ0) is 7.70. The van der Waals surface area contributed by atoms with E-state index in [0.717, 1.165) is 5.57 Å². The quantitative estimate of drug-likeness (QED) is 0.426. The van der Waals surface area contributed by atoms with E-state index < -0.39 is 0 Å². The summed E-state index contributed by atoms with van der Waals surface area (Å²) in [6.07, 6.45) is 4.65. The fourth-order valence-electron chi connectivity index (χ4n) is 0.199. The fourth-order valence-corrected chi connectivity index (χ4v) is 0.199. The van der Waals surface area contributed by atoms with E-state index in [2.05, 4.69) is 12.3 Å². The van der Waals surface area contributed by atoms with Gasteiger partial charge in [0.05, 0.1) is 0 Å². The molecule has 0 aliphatic rings. The summed E-state index contributed by atoms with van der Waals surface area (Å²) in [4.78, 5) is 0. The monoisotopic (exact) mass is 126 g/mol. The molecule has 0 saturated heterocycles. The van der Waals surface area contributed by atoms with Crippen molar-refractivity contribution >= 4 is 6.21 Å². The van der Waals surface area contributed by atoms with Crippen LogP contribution in [0.3, 0.4) is 0 Å². The molecule has 0 heterocycles. The number of hydrogen-bond acceptors (Lipinski definition) is 2. The van der Waals surface area contributed by atoms with E-state index in [-0.39, 0.29) is 0 Å². The third-order valence-electron chi connectivity index (χ3n) is 0.668. The first-order chi connectivity index (χ1) is 4.31. The number of nitrogens with one attached hydrogen (secondary N) is 1. The lowest BCUT2D eigenvalue weighted by Crippen LogP contribution is -1.69. The smallest absolute Gasteiger partial charge is 0.0180 e. The second-order valence-electron chi connectivity index (χ2n) is 1.28. The van der Waals surface area contributed by atoms with Crippen LogP contribution >= 0.6 is 0 Å². The zero-order valence-electron chi connectivity index (χ0n) is 6.02. The third-order valence-corrected chi connectivity index (χ3v) is 0.668. The molecule has 0 radical (unpaired) electrons. The molecule has 52 valence electrons. The molecular formula is C7H14N2. The van der Waals surface area contributed by atoms with Crippen LogP contribution in [0.25, 0.3) is 0 Å². The van der Waals surface area contributed by atoms with Gasteiger partial charge in [0.2, 0.25) is 0 Å². The van der Waals surface area contributed by atoms with E-state index in [1.807, 2.05) is 6.92 Å². The van der Waals surface area contributed by atoms with Gasteiger partial charge in [-0.1, -0.05) is 18.2 Å². The highest BCUT2D eigenvalue weighted by atomic mass is 14.4. The van der Waals surface area contributed by atoms with Crippen molar-refractivity contribution in [1.29, 1.82) is 5.41 Å². The molecule has 0 amide bonds. The first kappa shape index (κ1) is 11.0. The standard InChI is InChI=1S/C6H9N.CH5N/c1-3-6(2)4-5-7;1-2/h3-5,7H,1H2,2H3;2H2,1H3/b6-4-,7-5?;. The Hall–Kier alpha value is -0.890. The van der Waals surface area contributed by atoms with Crippen LogP contribution in [-0.2, 0) is 0 Å². The van der Waals surface area contributed by atoms with Gasteiger partial charge < -0.3 is 11.1 Å². The van der Waals surface area contributed by atoms with Crippen LogP contribution < -0.4 is 5.73 Å². The zero-order valence-corrected chi connectivity index (χ0v) is 6.02. The highest BCUT2D eigenvalue weighted by Gasteiger charge is 1.69. The summed E-state index contributed by atoms with van der Waals surface area (Å²) in [6, 6.07) is 0. The minimum Gasteiger partial charge on any atom is -0.333 e. The Kier molecular flexibility index (Phi) is 12.4. The molecule has 0 atom stereocenters. The van der Waals surface area contributed by atoms with Crippen molar-refractivity contribution < 1.29 is 0 Å². The molecule has 3 N–H and O–H groups in total. The van der Waals surface area contributed by atoms with Gasteiger partial charge in [-0.2, -0.15) is 0 Å². The largest absolute Gasteiger partial charge is 0.333 e. The van der Waals surface area contributed by atoms with E-state index in [9.17, 15) is 0 Å². The molecule has 0 aromatic carbocycles. The second-order valence-corrected chi connectivity index (χ2v) is 1.28. The first-order valence-corrected chi connectivity index (χ1v) is 2.68.